The maximum absolute atomic E-state index is 14.0. The molecule has 0 bridgehead atoms. The molecule has 0 radical (unpaired) electrons. The van der Waals surface area contributed by atoms with E-state index in [1.165, 1.54) is 5.57 Å². The standard InChI is InChI=1S/C27H27ClN2O3S/c1-4-29-15-20(18-7-5-6-8-22(18)29)27(31)30-12-11-19-21(16-34-26(19)28)23(30)13-17-9-10-24(32-2)25(14-17)33-3/h5-12,14-15,23,26H,4,13,16H2,1-3H3. The number of para-hydroxylation sites is 1. The molecule has 2 atom stereocenters. The monoisotopic (exact) mass is 494 g/mol. The van der Waals surface area contributed by atoms with Gasteiger partial charge in [-0.2, -0.15) is 0 Å². The SMILES string of the molecule is CCn1cc(C(=O)N2C=CC3=C(CSC3Cl)C2Cc2ccc(OC)c(OC)c2)c2ccccc21. The van der Waals surface area contributed by atoms with Crippen molar-refractivity contribution in [2.24, 2.45) is 0 Å². The number of alkyl halides is 1. The molecule has 176 valence electrons. The van der Waals surface area contributed by atoms with Gasteiger partial charge in [0, 0.05) is 35.6 Å². The van der Waals surface area contributed by atoms with Gasteiger partial charge in [-0.3, -0.25) is 4.79 Å². The Morgan fingerprint density at radius 3 is 2.71 bits per heavy atom. The first-order valence-corrected chi connectivity index (χ1v) is 12.8. The van der Waals surface area contributed by atoms with E-state index in [0.29, 0.717) is 17.9 Å². The van der Waals surface area contributed by atoms with Crippen LogP contribution in [0.3, 0.4) is 0 Å². The third kappa shape index (κ3) is 3.89. The van der Waals surface area contributed by atoms with Crippen molar-refractivity contribution in [3.8, 4) is 11.5 Å². The Morgan fingerprint density at radius 2 is 1.94 bits per heavy atom. The molecule has 2 unspecified atom stereocenters. The summed E-state index contributed by atoms with van der Waals surface area (Å²) < 4.78 is 13.0. The fraction of sp³-hybridized carbons (Fsp3) is 0.296. The lowest BCUT2D eigenvalue weighted by molar-refractivity contribution is 0.0786. The second kappa shape index (κ2) is 9.43. The molecule has 2 aliphatic rings. The number of nitrogens with zero attached hydrogens (tertiary/aromatic N) is 2. The van der Waals surface area contributed by atoms with Gasteiger partial charge in [-0.1, -0.05) is 24.3 Å². The van der Waals surface area contributed by atoms with Gasteiger partial charge in [-0.05, 0) is 54.3 Å². The van der Waals surface area contributed by atoms with Crippen LogP contribution in [0, 0.1) is 0 Å². The van der Waals surface area contributed by atoms with E-state index in [0.717, 1.165) is 39.9 Å². The molecule has 2 aromatic carbocycles. The van der Waals surface area contributed by atoms with Crippen molar-refractivity contribution in [1.82, 2.24) is 9.47 Å². The van der Waals surface area contributed by atoms with Crippen LogP contribution in [0.1, 0.15) is 22.8 Å². The fourth-order valence-corrected chi connectivity index (χ4v) is 6.36. The maximum atomic E-state index is 14.0. The van der Waals surface area contributed by atoms with Gasteiger partial charge in [0.15, 0.2) is 11.5 Å². The molecular weight excluding hydrogens is 468 g/mol. The van der Waals surface area contributed by atoms with Crippen molar-refractivity contribution >= 4 is 40.2 Å². The van der Waals surface area contributed by atoms with Crippen LogP contribution in [0.5, 0.6) is 11.5 Å². The second-order valence-corrected chi connectivity index (χ2v) is 10.2. The van der Waals surface area contributed by atoms with E-state index in [-0.39, 0.29) is 16.7 Å². The Hall–Kier alpha value is -2.83. The highest BCUT2D eigenvalue weighted by atomic mass is 35.5. The summed E-state index contributed by atoms with van der Waals surface area (Å²) in [5.41, 5.74) is 5.20. The van der Waals surface area contributed by atoms with Crippen molar-refractivity contribution in [2.75, 3.05) is 20.0 Å². The van der Waals surface area contributed by atoms with Gasteiger partial charge >= 0.3 is 0 Å². The number of halogens is 1. The lowest BCUT2D eigenvalue weighted by Gasteiger charge is -2.33. The first-order valence-electron chi connectivity index (χ1n) is 11.3. The molecule has 0 spiro atoms. The van der Waals surface area contributed by atoms with Crippen LogP contribution >= 0.6 is 23.4 Å². The second-order valence-electron chi connectivity index (χ2n) is 8.39. The van der Waals surface area contributed by atoms with E-state index in [4.69, 9.17) is 21.1 Å². The first kappa shape index (κ1) is 22.9. The lowest BCUT2D eigenvalue weighted by Crippen LogP contribution is -2.41. The summed E-state index contributed by atoms with van der Waals surface area (Å²) in [6, 6.07) is 13.9. The molecule has 34 heavy (non-hydrogen) atoms. The smallest absolute Gasteiger partial charge is 0.260 e. The van der Waals surface area contributed by atoms with Gasteiger partial charge in [0.1, 0.15) is 4.71 Å². The summed E-state index contributed by atoms with van der Waals surface area (Å²) in [6.07, 6.45) is 6.55. The largest absolute Gasteiger partial charge is 0.493 e. The first-order chi connectivity index (χ1) is 16.5. The number of aryl methyl sites for hydroxylation is 1. The molecule has 0 saturated heterocycles. The van der Waals surface area contributed by atoms with E-state index >= 15 is 0 Å². The molecule has 7 heteroatoms. The minimum Gasteiger partial charge on any atom is -0.493 e. The average Bonchev–Trinajstić information content (AvgIpc) is 3.44. The minimum absolute atomic E-state index is 0.000279. The molecule has 0 aliphatic carbocycles. The Balaban J connectivity index is 1.55. The number of hydrogen-bond acceptors (Lipinski definition) is 4. The summed E-state index contributed by atoms with van der Waals surface area (Å²) in [7, 11) is 3.26. The predicted molar refractivity (Wildman–Crippen MR) is 139 cm³/mol. The molecule has 2 aliphatic heterocycles. The zero-order chi connectivity index (χ0) is 23.8. The Morgan fingerprint density at radius 1 is 1.15 bits per heavy atom. The number of allylic oxidation sites excluding steroid dienone is 1. The van der Waals surface area contributed by atoms with Crippen molar-refractivity contribution < 1.29 is 14.3 Å². The highest BCUT2D eigenvalue weighted by molar-refractivity contribution is 8.01. The lowest BCUT2D eigenvalue weighted by atomic mass is 9.92. The molecule has 0 N–H and O–H groups in total. The Bertz CT molecular complexity index is 1310. The topological polar surface area (TPSA) is 43.7 Å². The number of carbonyl (C=O) groups excluding carboxylic acids is 1. The number of aromatic nitrogens is 1. The molecule has 0 saturated carbocycles. The zero-order valence-electron chi connectivity index (χ0n) is 19.5. The third-order valence-corrected chi connectivity index (χ3v) is 8.26. The average molecular weight is 495 g/mol. The zero-order valence-corrected chi connectivity index (χ0v) is 21.0. The van der Waals surface area contributed by atoms with Crippen molar-refractivity contribution in [1.29, 1.82) is 0 Å². The van der Waals surface area contributed by atoms with Crippen LogP contribution < -0.4 is 9.47 Å². The third-order valence-electron chi connectivity index (χ3n) is 6.62. The highest BCUT2D eigenvalue weighted by Gasteiger charge is 2.37. The number of ether oxygens (including phenoxy) is 2. The number of carbonyl (C=O) groups is 1. The van der Waals surface area contributed by atoms with Crippen LogP contribution in [0.25, 0.3) is 10.9 Å². The Kier molecular flexibility index (Phi) is 6.36. The van der Waals surface area contributed by atoms with Crippen LogP contribution in [0.4, 0.5) is 0 Å². The summed E-state index contributed by atoms with van der Waals surface area (Å²) >= 11 is 8.30. The summed E-state index contributed by atoms with van der Waals surface area (Å²) in [6.45, 7) is 2.90. The molecule has 5 nitrogen and oxygen atoms in total. The summed E-state index contributed by atoms with van der Waals surface area (Å²) in [5, 5.41) is 0.975. The van der Waals surface area contributed by atoms with Crippen LogP contribution in [0.15, 0.2) is 72.1 Å². The van der Waals surface area contributed by atoms with E-state index in [1.807, 2.05) is 59.8 Å². The number of thioether (sulfide) groups is 1. The molecule has 1 aromatic heterocycles. The summed E-state index contributed by atoms with van der Waals surface area (Å²) in [4.78, 5) is 15.9. The molecule has 0 fully saturated rings. The number of fused-ring (bicyclic) bond motifs is 1. The fourth-order valence-electron chi connectivity index (χ4n) is 4.87. The number of methoxy groups -OCH3 is 2. The number of rotatable bonds is 6. The number of benzene rings is 2. The van der Waals surface area contributed by atoms with Crippen LogP contribution in [-0.4, -0.2) is 46.1 Å². The quantitative estimate of drug-likeness (QED) is 0.402. The van der Waals surface area contributed by atoms with Crippen molar-refractivity contribution in [3.63, 3.8) is 0 Å². The molecular formula is C27H27ClN2O3S. The van der Waals surface area contributed by atoms with Gasteiger partial charge in [0.25, 0.3) is 5.91 Å². The van der Waals surface area contributed by atoms with Crippen LogP contribution in [-0.2, 0) is 13.0 Å². The molecule has 5 rings (SSSR count). The predicted octanol–water partition coefficient (Wildman–Crippen LogP) is 5.87. The van der Waals surface area contributed by atoms with Crippen molar-refractivity contribution in [2.45, 2.75) is 30.6 Å². The highest BCUT2D eigenvalue weighted by Crippen LogP contribution is 2.42. The number of amides is 1. The minimum atomic E-state index is -0.120. The molecule has 3 heterocycles. The Labute approximate surface area is 209 Å². The molecule has 1 amide bonds. The normalized spacial score (nSPS) is 19.6. The van der Waals surface area contributed by atoms with Gasteiger partial charge < -0.3 is 18.9 Å². The van der Waals surface area contributed by atoms with Crippen LogP contribution in [0.2, 0.25) is 0 Å². The van der Waals surface area contributed by atoms with Crippen molar-refractivity contribution in [3.05, 3.63) is 83.2 Å². The maximum Gasteiger partial charge on any atom is 0.260 e. The van der Waals surface area contributed by atoms with E-state index in [9.17, 15) is 4.79 Å². The van der Waals surface area contributed by atoms with Gasteiger partial charge in [-0.25, -0.2) is 0 Å². The van der Waals surface area contributed by atoms with Gasteiger partial charge in [0.05, 0.1) is 25.8 Å². The number of hydrogen-bond donors (Lipinski definition) is 0. The van der Waals surface area contributed by atoms with E-state index in [2.05, 4.69) is 17.6 Å². The molecule has 3 aromatic rings. The van der Waals surface area contributed by atoms with E-state index < -0.39 is 0 Å². The van der Waals surface area contributed by atoms with Gasteiger partial charge in [0.2, 0.25) is 0 Å². The summed E-state index contributed by atoms with van der Waals surface area (Å²) in [5.74, 6) is 2.18. The van der Waals surface area contributed by atoms with E-state index in [1.54, 1.807) is 26.0 Å². The van der Waals surface area contributed by atoms with Gasteiger partial charge in [-0.15, -0.1) is 23.4 Å².